The smallest absolute Gasteiger partial charge is 0.303 e. The van der Waals surface area contributed by atoms with Gasteiger partial charge in [0, 0.05) is 37.6 Å². The fraction of sp³-hybridized carbons (Fsp3) is 0.405. The van der Waals surface area contributed by atoms with E-state index >= 15 is 0 Å². The summed E-state index contributed by atoms with van der Waals surface area (Å²) in [6.07, 6.45) is 5.21. The first-order chi connectivity index (χ1) is 22.7. The molecule has 0 saturated carbocycles. The lowest BCUT2D eigenvalue weighted by atomic mass is 9.68. The van der Waals surface area contributed by atoms with Crippen LogP contribution in [0.2, 0.25) is 0 Å². The number of phenolic OH excluding ortho intramolecular Hbond substituents is 1. The van der Waals surface area contributed by atoms with Gasteiger partial charge in [-0.3, -0.25) is 24.3 Å². The molecule has 1 fully saturated rings. The van der Waals surface area contributed by atoms with Crippen LogP contribution in [0.4, 0.5) is 0 Å². The van der Waals surface area contributed by atoms with Crippen LogP contribution in [-0.2, 0) is 19.1 Å². The summed E-state index contributed by atoms with van der Waals surface area (Å²) in [5.74, 6) is -3.52. The minimum Gasteiger partial charge on any atom is -0.507 e. The van der Waals surface area contributed by atoms with Gasteiger partial charge in [-0.2, -0.15) is 0 Å². The molecule has 1 aliphatic carbocycles. The van der Waals surface area contributed by atoms with Gasteiger partial charge in [0.15, 0.2) is 0 Å². The van der Waals surface area contributed by atoms with Gasteiger partial charge in [0.2, 0.25) is 11.8 Å². The third-order valence-corrected chi connectivity index (χ3v) is 9.37. The first kappa shape index (κ1) is 34.0. The zero-order valence-electron chi connectivity index (χ0n) is 26.5. The van der Waals surface area contributed by atoms with Crippen molar-refractivity contribution in [1.82, 2.24) is 9.88 Å². The van der Waals surface area contributed by atoms with Crippen LogP contribution in [0.1, 0.15) is 56.2 Å². The zero-order chi connectivity index (χ0) is 33.5. The maximum atomic E-state index is 13.6. The van der Waals surface area contributed by atoms with Crippen LogP contribution in [-0.4, -0.2) is 81.1 Å². The highest BCUT2D eigenvalue weighted by Gasteiger charge is 2.54. The van der Waals surface area contributed by atoms with Crippen LogP contribution in [0.25, 0.3) is 22.4 Å². The van der Waals surface area contributed by atoms with E-state index in [2.05, 4.69) is 4.98 Å². The number of hydrogen-bond acceptors (Lipinski definition) is 8. The number of amides is 2. The highest BCUT2D eigenvalue weighted by Crippen LogP contribution is 2.46. The molecule has 3 aromatic rings. The van der Waals surface area contributed by atoms with Gasteiger partial charge < -0.3 is 25.2 Å². The summed E-state index contributed by atoms with van der Waals surface area (Å²) in [6.45, 7) is -0.0516. The fourth-order valence-electron chi connectivity index (χ4n) is 7.17. The van der Waals surface area contributed by atoms with Gasteiger partial charge in [-0.1, -0.05) is 42.8 Å². The number of aliphatic hydroxyl groups is 2. The molecule has 2 aliphatic rings. The third-order valence-electron chi connectivity index (χ3n) is 9.37. The van der Waals surface area contributed by atoms with Crippen LogP contribution in [0, 0.1) is 17.8 Å². The second-order valence-electron chi connectivity index (χ2n) is 12.3. The maximum Gasteiger partial charge on any atom is 0.303 e. The van der Waals surface area contributed by atoms with E-state index in [0.29, 0.717) is 31.3 Å². The van der Waals surface area contributed by atoms with E-state index in [1.807, 2.05) is 54.6 Å². The summed E-state index contributed by atoms with van der Waals surface area (Å²) in [5.41, 5.74) is 3.76. The lowest BCUT2D eigenvalue weighted by molar-refractivity contribution is -0.141. The lowest BCUT2D eigenvalue weighted by Crippen LogP contribution is -2.39. The Hall–Kier alpha value is -4.38. The number of aliphatic carboxylic acids is 1. The number of phenols is 1. The number of ether oxygens (including phenoxy) is 1. The monoisotopic (exact) mass is 642 g/mol. The number of carbonyl (C=O) groups is 3. The Bertz CT molecular complexity index is 1670. The number of benzene rings is 2. The number of imide groups is 1. The first-order valence-corrected chi connectivity index (χ1v) is 16.1. The summed E-state index contributed by atoms with van der Waals surface area (Å²) in [7, 11) is 1.53. The van der Waals surface area contributed by atoms with Gasteiger partial charge >= 0.3 is 5.97 Å². The number of aliphatic hydroxyl groups excluding tert-OH is 2. The molecule has 47 heavy (non-hydrogen) atoms. The van der Waals surface area contributed by atoms with Gasteiger partial charge in [-0.25, -0.2) is 0 Å². The number of carbonyl (C=O) groups excluding carboxylic acids is 2. The van der Waals surface area contributed by atoms with Crippen LogP contribution in [0.15, 0.2) is 71.9 Å². The summed E-state index contributed by atoms with van der Waals surface area (Å²) in [5, 5.41) is 43.3. The number of carboxylic acid groups (broad SMARTS) is 1. The average molecular weight is 643 g/mol. The van der Waals surface area contributed by atoms with E-state index in [-0.39, 0.29) is 50.0 Å². The predicted molar refractivity (Wildman–Crippen MR) is 177 cm³/mol. The summed E-state index contributed by atoms with van der Waals surface area (Å²) in [6, 6.07) is 16.7. The van der Waals surface area contributed by atoms with Gasteiger partial charge in [0.25, 0.3) is 0 Å². The molecule has 248 valence electrons. The Morgan fingerprint density at radius 1 is 1.02 bits per heavy atom. The Labute approximate surface area is 274 Å². The van der Waals surface area contributed by atoms with E-state index < -0.39 is 36.4 Å². The van der Waals surface area contributed by atoms with Gasteiger partial charge in [0.1, 0.15) is 5.75 Å². The molecule has 0 bridgehead atoms. The number of methoxy groups -OCH3 is 1. The van der Waals surface area contributed by atoms with Crippen LogP contribution in [0.3, 0.4) is 0 Å². The molecule has 0 radical (unpaired) electrons. The second-order valence-corrected chi connectivity index (χ2v) is 12.3. The number of unbranched alkanes of at least 4 members (excludes halogenated alkanes) is 2. The van der Waals surface area contributed by atoms with Gasteiger partial charge in [-0.15, -0.1) is 0 Å². The molecule has 4 N–H and O–H groups in total. The number of likely N-dealkylation sites (tertiary alicyclic amines) is 1. The van der Waals surface area contributed by atoms with Crippen molar-refractivity contribution in [3.63, 3.8) is 0 Å². The Morgan fingerprint density at radius 3 is 2.49 bits per heavy atom. The van der Waals surface area contributed by atoms with Gasteiger partial charge in [-0.05, 0) is 84.0 Å². The molecule has 4 atom stereocenters. The normalized spacial score (nSPS) is 20.6. The fourth-order valence-corrected chi connectivity index (χ4v) is 7.17. The molecule has 1 aromatic heterocycles. The Morgan fingerprint density at radius 2 is 1.79 bits per heavy atom. The third kappa shape index (κ3) is 7.45. The number of fused-ring (bicyclic) bond motifs is 2. The Balaban J connectivity index is 1.40. The summed E-state index contributed by atoms with van der Waals surface area (Å²) in [4.78, 5) is 43.7. The van der Waals surface area contributed by atoms with E-state index in [1.165, 1.54) is 12.0 Å². The molecule has 0 unspecified atom stereocenters. The van der Waals surface area contributed by atoms with E-state index in [1.54, 1.807) is 12.3 Å². The van der Waals surface area contributed by atoms with Crippen molar-refractivity contribution in [2.45, 2.75) is 51.0 Å². The summed E-state index contributed by atoms with van der Waals surface area (Å²) >= 11 is 0. The first-order valence-electron chi connectivity index (χ1n) is 16.1. The standard InChI is InChI=1S/C37H42N2O8/c1-47-22-25-20-28-35(37(46)39(36(28)45)18-8-2-3-12-33(43)44)29(21-40)34(25)32(42)16-14-24(30-11-6-7-17-38-30)19-23-13-15-31(41)27-10-5-4-9-26(23)27/h4-7,9-11,13,15,17,19,28-29,32,35,40-42H,2-3,8,12,14,16,18,20-22H2,1H3,(H,43,44)/b24-19-/t28-,29+,32-,35-/m1/s1. The number of hydrogen-bond donors (Lipinski definition) is 4. The van der Waals surface area contributed by atoms with Gasteiger partial charge in [0.05, 0.1) is 36.8 Å². The number of allylic oxidation sites excluding steroid dienone is 1. The summed E-state index contributed by atoms with van der Waals surface area (Å²) < 4.78 is 5.48. The number of aromatic hydroxyl groups is 1. The van der Waals surface area contributed by atoms with Crippen molar-refractivity contribution in [3.05, 3.63) is 83.2 Å². The highest BCUT2D eigenvalue weighted by atomic mass is 16.5. The largest absolute Gasteiger partial charge is 0.507 e. The molecule has 2 amide bonds. The van der Waals surface area contributed by atoms with Crippen molar-refractivity contribution in [3.8, 4) is 5.75 Å². The number of rotatable bonds is 15. The molecule has 2 heterocycles. The number of nitrogens with zero attached hydrogens (tertiary/aromatic N) is 2. The van der Waals surface area contributed by atoms with Crippen LogP contribution >= 0.6 is 0 Å². The molecule has 1 aliphatic heterocycles. The highest BCUT2D eigenvalue weighted by molar-refractivity contribution is 6.06. The zero-order valence-corrected chi connectivity index (χ0v) is 26.5. The molecule has 5 rings (SSSR count). The van der Waals surface area contributed by atoms with Crippen molar-refractivity contribution < 1.29 is 39.5 Å². The topological polar surface area (TPSA) is 157 Å². The molecular formula is C37H42N2O8. The minimum atomic E-state index is -1.02. The predicted octanol–water partition coefficient (Wildman–Crippen LogP) is 4.82. The average Bonchev–Trinajstić information content (AvgIpc) is 3.31. The quantitative estimate of drug-likeness (QED) is 0.104. The number of pyridine rings is 1. The molecule has 1 saturated heterocycles. The molecule has 10 nitrogen and oxygen atoms in total. The van der Waals surface area contributed by atoms with Crippen LogP contribution in [0.5, 0.6) is 5.75 Å². The lowest BCUT2D eigenvalue weighted by Gasteiger charge is -2.36. The number of carboxylic acids is 1. The van der Waals surface area contributed by atoms with Crippen molar-refractivity contribution in [2.75, 3.05) is 26.9 Å². The van der Waals surface area contributed by atoms with E-state index in [4.69, 9.17) is 9.84 Å². The number of aromatic nitrogens is 1. The minimum absolute atomic E-state index is 0.0358. The SMILES string of the molecule is COCC1=C([C@H](O)CC/C(=C/c2ccc(O)c3ccccc23)c2ccccn2)[C@H](CO)[C@@H]2C(=O)N(CCCCCC(=O)O)C(=O)[C@@H]2C1. The van der Waals surface area contributed by atoms with Crippen molar-refractivity contribution in [2.24, 2.45) is 17.8 Å². The van der Waals surface area contributed by atoms with E-state index in [9.17, 15) is 29.7 Å². The van der Waals surface area contributed by atoms with E-state index in [0.717, 1.165) is 33.2 Å². The Kier molecular flexibility index (Phi) is 11.2. The molecular weight excluding hydrogens is 600 g/mol. The van der Waals surface area contributed by atoms with Crippen molar-refractivity contribution in [1.29, 1.82) is 0 Å². The molecule has 10 heteroatoms. The second kappa shape index (κ2) is 15.5. The molecule has 0 spiro atoms. The molecule has 2 aromatic carbocycles. The van der Waals surface area contributed by atoms with Crippen LogP contribution < -0.4 is 0 Å². The van der Waals surface area contributed by atoms with Crippen molar-refractivity contribution >= 4 is 40.2 Å². The maximum absolute atomic E-state index is 13.6.